The van der Waals surface area contributed by atoms with Crippen LogP contribution in [-0.2, 0) is 6.54 Å². The summed E-state index contributed by atoms with van der Waals surface area (Å²) in [5.41, 5.74) is 1.13. The van der Waals surface area contributed by atoms with Crippen molar-refractivity contribution >= 4 is 45.9 Å². The van der Waals surface area contributed by atoms with Gasteiger partial charge < -0.3 is 20.1 Å². The molecule has 1 aliphatic carbocycles. The molecule has 1 saturated carbocycles. The lowest BCUT2D eigenvalue weighted by molar-refractivity contribution is 0.173. The van der Waals surface area contributed by atoms with Gasteiger partial charge >= 0.3 is 0 Å². The third-order valence-electron chi connectivity index (χ3n) is 4.12. The molecule has 7 heteroatoms. The Balaban J connectivity index is 0.00000192. The zero-order valence-electron chi connectivity index (χ0n) is 13.2. The Labute approximate surface area is 162 Å². The molecule has 1 heterocycles. The fourth-order valence-electron chi connectivity index (χ4n) is 2.94. The van der Waals surface area contributed by atoms with Gasteiger partial charge in [-0.05, 0) is 46.5 Å². The number of hydrogen-bond acceptors (Lipinski definition) is 3. The lowest BCUT2D eigenvalue weighted by atomic mass is 9.96. The highest BCUT2D eigenvalue weighted by atomic mass is 127. The number of aliphatic imine (C=N–C) groups is 1. The van der Waals surface area contributed by atoms with Gasteiger partial charge in [0.1, 0.15) is 0 Å². The van der Waals surface area contributed by atoms with Crippen LogP contribution in [0.1, 0.15) is 37.7 Å². The summed E-state index contributed by atoms with van der Waals surface area (Å²) in [4.78, 5) is 4.32. The van der Waals surface area contributed by atoms with Gasteiger partial charge in [-0.25, -0.2) is 0 Å². The van der Waals surface area contributed by atoms with Crippen molar-refractivity contribution in [2.45, 2.75) is 44.7 Å². The molecule has 0 aromatic heterocycles. The zero-order valence-corrected chi connectivity index (χ0v) is 17.1. The van der Waals surface area contributed by atoms with Crippen molar-refractivity contribution in [2.75, 3.05) is 13.8 Å². The maximum Gasteiger partial charge on any atom is 0.231 e. The summed E-state index contributed by atoms with van der Waals surface area (Å²) in [7, 11) is 1.81. The fourth-order valence-corrected chi connectivity index (χ4v) is 3.55. The van der Waals surface area contributed by atoms with Crippen LogP contribution in [0, 0.1) is 0 Å². The van der Waals surface area contributed by atoms with Gasteiger partial charge in [0.25, 0.3) is 0 Å². The molecule has 1 fully saturated rings. The lowest BCUT2D eigenvalue weighted by Crippen LogP contribution is -2.43. The van der Waals surface area contributed by atoms with Gasteiger partial charge in [-0.3, -0.25) is 4.99 Å². The first kappa shape index (κ1) is 18.6. The van der Waals surface area contributed by atoms with E-state index in [0.717, 1.165) is 27.5 Å². The number of ether oxygens (including phenoxy) is 2. The van der Waals surface area contributed by atoms with Crippen LogP contribution in [0.5, 0.6) is 11.5 Å². The van der Waals surface area contributed by atoms with Crippen molar-refractivity contribution in [3.63, 3.8) is 0 Å². The largest absolute Gasteiger partial charge is 0.454 e. The molecule has 3 rings (SSSR count). The van der Waals surface area contributed by atoms with E-state index in [2.05, 4.69) is 37.6 Å². The van der Waals surface area contributed by atoms with Crippen LogP contribution in [-0.4, -0.2) is 25.8 Å². The summed E-state index contributed by atoms with van der Waals surface area (Å²) in [5.74, 6) is 2.44. The second-order valence-corrected chi connectivity index (χ2v) is 6.57. The fraction of sp³-hybridized carbons (Fsp3) is 0.562. The van der Waals surface area contributed by atoms with E-state index in [0.29, 0.717) is 12.6 Å². The van der Waals surface area contributed by atoms with Crippen LogP contribution in [0.25, 0.3) is 0 Å². The number of nitrogens with one attached hydrogen (secondary N) is 2. The molecule has 1 aromatic rings. The summed E-state index contributed by atoms with van der Waals surface area (Å²) in [6.07, 6.45) is 6.44. The predicted octanol–water partition coefficient (Wildman–Crippen LogP) is 3.79. The maximum atomic E-state index is 5.45. The molecule has 128 valence electrons. The second-order valence-electron chi connectivity index (χ2n) is 5.72. The van der Waals surface area contributed by atoms with E-state index in [-0.39, 0.29) is 30.8 Å². The summed E-state index contributed by atoms with van der Waals surface area (Å²) in [6, 6.07) is 4.60. The number of rotatable bonds is 3. The van der Waals surface area contributed by atoms with E-state index >= 15 is 0 Å². The van der Waals surface area contributed by atoms with Gasteiger partial charge in [-0.15, -0.1) is 24.0 Å². The van der Waals surface area contributed by atoms with Crippen molar-refractivity contribution in [3.05, 3.63) is 22.2 Å². The Bertz CT molecular complexity index is 563. The molecule has 1 aromatic carbocycles. The van der Waals surface area contributed by atoms with Gasteiger partial charge in [0, 0.05) is 19.6 Å². The van der Waals surface area contributed by atoms with Crippen molar-refractivity contribution in [3.8, 4) is 11.5 Å². The van der Waals surface area contributed by atoms with E-state index in [4.69, 9.17) is 9.47 Å². The Morgan fingerprint density at radius 2 is 2.04 bits per heavy atom. The summed E-state index contributed by atoms with van der Waals surface area (Å²) < 4.78 is 11.8. The molecular weight excluding hydrogens is 473 g/mol. The van der Waals surface area contributed by atoms with Crippen LogP contribution in [0.2, 0.25) is 0 Å². The molecule has 0 atom stereocenters. The highest BCUT2D eigenvalue weighted by molar-refractivity contribution is 14.0. The van der Waals surface area contributed by atoms with Crippen molar-refractivity contribution in [1.82, 2.24) is 10.6 Å². The Morgan fingerprint density at radius 3 is 2.78 bits per heavy atom. The molecular formula is C16H23BrIN3O2. The molecule has 0 saturated heterocycles. The average molecular weight is 496 g/mol. The van der Waals surface area contributed by atoms with E-state index in [1.807, 2.05) is 13.1 Å². The third kappa shape index (κ3) is 4.89. The molecule has 1 aliphatic heterocycles. The third-order valence-corrected chi connectivity index (χ3v) is 4.71. The molecule has 0 spiro atoms. The van der Waals surface area contributed by atoms with Gasteiger partial charge in [-0.1, -0.05) is 19.3 Å². The molecule has 2 N–H and O–H groups in total. The van der Waals surface area contributed by atoms with E-state index in [9.17, 15) is 0 Å². The summed E-state index contributed by atoms with van der Waals surface area (Å²) >= 11 is 3.52. The summed E-state index contributed by atoms with van der Waals surface area (Å²) in [5, 5.41) is 6.89. The standard InChI is InChI=1S/C16H22BrN3O2.HI/c1-18-16(20-12-5-3-2-4-6-12)19-9-11-7-13(17)15-14(8-11)21-10-22-15;/h7-8,12H,2-6,9-10H2,1H3,(H2,18,19,20);1H. The van der Waals surface area contributed by atoms with Crippen LogP contribution >= 0.6 is 39.9 Å². The first-order valence-corrected chi connectivity index (χ1v) is 8.61. The highest BCUT2D eigenvalue weighted by Gasteiger charge is 2.18. The number of fused-ring (bicyclic) bond motifs is 1. The Kier molecular flexibility index (Phi) is 7.26. The highest BCUT2D eigenvalue weighted by Crippen LogP contribution is 2.39. The SMILES string of the molecule is CN=C(NCc1cc(Br)c2c(c1)OCO2)NC1CCCCC1.I. The molecule has 23 heavy (non-hydrogen) atoms. The van der Waals surface area contributed by atoms with Crippen molar-refractivity contribution in [2.24, 2.45) is 4.99 Å². The molecule has 5 nitrogen and oxygen atoms in total. The summed E-state index contributed by atoms with van der Waals surface area (Å²) in [6.45, 7) is 0.983. The van der Waals surface area contributed by atoms with Crippen LogP contribution in [0.4, 0.5) is 0 Å². The number of nitrogens with zero attached hydrogens (tertiary/aromatic N) is 1. The van der Waals surface area contributed by atoms with Gasteiger partial charge in [-0.2, -0.15) is 0 Å². The molecule has 2 aliphatic rings. The average Bonchev–Trinajstić information content (AvgIpc) is 3.01. The first-order valence-electron chi connectivity index (χ1n) is 7.81. The van der Waals surface area contributed by atoms with E-state index in [1.54, 1.807) is 0 Å². The zero-order chi connectivity index (χ0) is 15.4. The van der Waals surface area contributed by atoms with Crippen molar-refractivity contribution < 1.29 is 9.47 Å². The van der Waals surface area contributed by atoms with Crippen LogP contribution in [0.15, 0.2) is 21.6 Å². The lowest BCUT2D eigenvalue weighted by Gasteiger charge is -2.24. The quantitative estimate of drug-likeness (QED) is 0.380. The number of guanidine groups is 1. The normalized spacial score (nSPS) is 17.6. The minimum atomic E-state index is 0. The molecule has 0 bridgehead atoms. The van der Waals surface area contributed by atoms with Crippen molar-refractivity contribution in [1.29, 1.82) is 0 Å². The molecule has 0 amide bonds. The van der Waals surface area contributed by atoms with Gasteiger partial charge in [0.05, 0.1) is 4.47 Å². The second kappa shape index (κ2) is 8.96. The number of halogens is 2. The van der Waals surface area contributed by atoms with E-state index < -0.39 is 0 Å². The maximum absolute atomic E-state index is 5.45. The smallest absolute Gasteiger partial charge is 0.231 e. The van der Waals surface area contributed by atoms with Crippen LogP contribution in [0.3, 0.4) is 0 Å². The predicted molar refractivity (Wildman–Crippen MR) is 106 cm³/mol. The minimum Gasteiger partial charge on any atom is -0.454 e. The first-order chi connectivity index (χ1) is 10.8. The van der Waals surface area contributed by atoms with Gasteiger partial charge in [0.15, 0.2) is 17.5 Å². The molecule has 0 radical (unpaired) electrons. The number of benzene rings is 1. The number of hydrogen-bond donors (Lipinski definition) is 2. The topological polar surface area (TPSA) is 54.9 Å². The molecule has 0 unspecified atom stereocenters. The Morgan fingerprint density at radius 1 is 1.26 bits per heavy atom. The Hall–Kier alpha value is -0.700. The van der Waals surface area contributed by atoms with Gasteiger partial charge in [0.2, 0.25) is 6.79 Å². The monoisotopic (exact) mass is 495 g/mol. The minimum absolute atomic E-state index is 0. The van der Waals surface area contributed by atoms with Crippen LogP contribution < -0.4 is 20.1 Å². The van der Waals surface area contributed by atoms with E-state index in [1.165, 1.54) is 32.1 Å².